The van der Waals surface area contributed by atoms with Crippen LogP contribution in [0.25, 0.3) is 11.1 Å². The number of esters is 1. The van der Waals surface area contributed by atoms with Crippen molar-refractivity contribution in [3.8, 4) is 17.2 Å². The minimum atomic E-state index is -0.483. The van der Waals surface area contributed by atoms with Gasteiger partial charge in [0, 0.05) is 19.6 Å². The van der Waals surface area contributed by atoms with Crippen molar-refractivity contribution in [3.63, 3.8) is 0 Å². The fourth-order valence-electron chi connectivity index (χ4n) is 4.03. The first-order chi connectivity index (χ1) is 16.2. The number of piperidine rings is 1. The van der Waals surface area contributed by atoms with E-state index in [1.807, 2.05) is 51.1 Å². The van der Waals surface area contributed by atoms with Crippen LogP contribution in [0.3, 0.4) is 0 Å². The second-order valence-electron chi connectivity index (χ2n) is 9.64. The monoisotopic (exact) mass is 463 g/mol. The standard InChI is InChI=1S/C27H33N3O4/c1-27(2,3)34-26(32)30-10-8-19(9-11-30)17-29-18-21-13-23(15-24(14-21)25(31)33-4)22-7-5-6-20(12-22)16-28/h5-7,12-15,19,29H,8-11,17-18H2,1-4H3. The van der Waals surface area contributed by atoms with E-state index < -0.39 is 11.6 Å². The van der Waals surface area contributed by atoms with Crippen LogP contribution < -0.4 is 5.32 Å². The van der Waals surface area contributed by atoms with Gasteiger partial charge in [0.25, 0.3) is 0 Å². The molecule has 1 aliphatic rings. The average molecular weight is 464 g/mol. The van der Waals surface area contributed by atoms with Crippen LogP contribution in [0.1, 0.15) is 55.1 Å². The highest BCUT2D eigenvalue weighted by molar-refractivity contribution is 5.91. The molecular formula is C27H33N3O4. The molecule has 0 spiro atoms. The van der Waals surface area contributed by atoms with E-state index in [1.54, 1.807) is 17.0 Å². The Labute approximate surface area is 201 Å². The van der Waals surface area contributed by atoms with Gasteiger partial charge < -0.3 is 19.7 Å². The summed E-state index contributed by atoms with van der Waals surface area (Å²) >= 11 is 0. The zero-order chi connectivity index (χ0) is 24.7. The smallest absolute Gasteiger partial charge is 0.410 e. The second kappa shape index (κ2) is 11.2. The first-order valence-electron chi connectivity index (χ1n) is 11.6. The van der Waals surface area contributed by atoms with E-state index in [4.69, 9.17) is 9.47 Å². The van der Waals surface area contributed by atoms with Crippen molar-refractivity contribution >= 4 is 12.1 Å². The van der Waals surface area contributed by atoms with E-state index >= 15 is 0 Å². The number of hydrogen-bond donors (Lipinski definition) is 1. The lowest BCUT2D eigenvalue weighted by molar-refractivity contribution is 0.0184. The maximum atomic E-state index is 12.3. The van der Waals surface area contributed by atoms with Crippen molar-refractivity contribution < 1.29 is 19.1 Å². The minimum Gasteiger partial charge on any atom is -0.465 e. The van der Waals surface area contributed by atoms with Crippen molar-refractivity contribution in [1.29, 1.82) is 5.26 Å². The molecule has 7 heteroatoms. The molecule has 0 saturated carbocycles. The van der Waals surface area contributed by atoms with E-state index in [-0.39, 0.29) is 6.09 Å². The topological polar surface area (TPSA) is 91.7 Å². The summed E-state index contributed by atoms with van der Waals surface area (Å²) in [6, 6.07) is 15.1. The van der Waals surface area contributed by atoms with Gasteiger partial charge in [-0.3, -0.25) is 0 Å². The van der Waals surface area contributed by atoms with E-state index in [0.717, 1.165) is 36.1 Å². The van der Waals surface area contributed by atoms with E-state index in [2.05, 4.69) is 11.4 Å². The maximum absolute atomic E-state index is 12.3. The molecule has 1 amide bonds. The van der Waals surface area contributed by atoms with Gasteiger partial charge in [0.05, 0.1) is 24.3 Å². The van der Waals surface area contributed by atoms with Crippen LogP contribution in [-0.4, -0.2) is 49.3 Å². The second-order valence-corrected chi connectivity index (χ2v) is 9.64. The molecule has 2 aromatic rings. The Hall–Kier alpha value is -3.37. The van der Waals surface area contributed by atoms with Gasteiger partial charge in [-0.05, 0) is 93.1 Å². The number of nitrogens with zero attached hydrogens (tertiary/aromatic N) is 2. The fraction of sp³-hybridized carbons (Fsp3) is 0.444. The molecule has 1 saturated heterocycles. The number of amides is 1. The number of likely N-dealkylation sites (tertiary alicyclic amines) is 1. The predicted octanol–water partition coefficient (Wildman–Crippen LogP) is 4.75. The van der Waals surface area contributed by atoms with Crippen molar-refractivity contribution in [2.75, 3.05) is 26.7 Å². The molecular weight excluding hydrogens is 430 g/mol. The van der Waals surface area contributed by atoms with E-state index in [0.29, 0.717) is 36.7 Å². The zero-order valence-electron chi connectivity index (χ0n) is 20.4. The summed E-state index contributed by atoms with van der Waals surface area (Å²) in [6.45, 7) is 8.44. The normalized spacial score (nSPS) is 14.4. The molecule has 0 bridgehead atoms. The van der Waals surface area contributed by atoms with Gasteiger partial charge in [-0.2, -0.15) is 5.26 Å². The first-order valence-corrected chi connectivity index (χ1v) is 11.6. The van der Waals surface area contributed by atoms with Crippen LogP contribution in [0.15, 0.2) is 42.5 Å². The number of carbonyl (C=O) groups excluding carboxylic acids is 2. The molecule has 0 unspecified atom stereocenters. The van der Waals surface area contributed by atoms with Gasteiger partial charge in [0.2, 0.25) is 0 Å². The number of benzene rings is 2. The van der Waals surface area contributed by atoms with Gasteiger partial charge in [0.15, 0.2) is 0 Å². The molecule has 0 atom stereocenters. The lowest BCUT2D eigenvalue weighted by Gasteiger charge is -2.33. The largest absolute Gasteiger partial charge is 0.465 e. The number of carbonyl (C=O) groups is 2. The van der Waals surface area contributed by atoms with Crippen molar-refractivity contribution in [3.05, 3.63) is 59.2 Å². The summed E-state index contributed by atoms with van der Waals surface area (Å²) in [5.74, 6) is 0.0725. The molecule has 7 nitrogen and oxygen atoms in total. The summed E-state index contributed by atoms with van der Waals surface area (Å²) in [7, 11) is 1.37. The third-order valence-corrected chi connectivity index (χ3v) is 5.77. The Morgan fingerprint density at radius 1 is 1.12 bits per heavy atom. The molecule has 0 aliphatic carbocycles. The Bertz CT molecular complexity index is 1060. The highest BCUT2D eigenvalue weighted by Gasteiger charge is 2.26. The molecule has 1 heterocycles. The molecule has 34 heavy (non-hydrogen) atoms. The summed E-state index contributed by atoms with van der Waals surface area (Å²) in [6.07, 6.45) is 1.59. The summed E-state index contributed by atoms with van der Waals surface area (Å²) in [4.78, 5) is 26.3. The summed E-state index contributed by atoms with van der Waals surface area (Å²) in [5, 5.41) is 12.7. The molecule has 2 aromatic carbocycles. The highest BCUT2D eigenvalue weighted by Crippen LogP contribution is 2.25. The predicted molar refractivity (Wildman–Crippen MR) is 130 cm³/mol. The number of methoxy groups -OCH3 is 1. The van der Waals surface area contributed by atoms with Crippen molar-refractivity contribution in [2.45, 2.75) is 45.8 Å². The lowest BCUT2D eigenvalue weighted by atomic mass is 9.96. The number of nitriles is 1. The quantitative estimate of drug-likeness (QED) is 0.622. The van der Waals surface area contributed by atoms with Crippen LogP contribution in [0.5, 0.6) is 0 Å². The first kappa shape index (κ1) is 25.3. The summed E-state index contributed by atoms with van der Waals surface area (Å²) in [5.41, 5.74) is 3.26. The van der Waals surface area contributed by atoms with Gasteiger partial charge in [-0.15, -0.1) is 0 Å². The average Bonchev–Trinajstić information content (AvgIpc) is 2.82. The van der Waals surface area contributed by atoms with Crippen LogP contribution in [-0.2, 0) is 16.0 Å². The number of ether oxygens (including phenoxy) is 2. The number of hydrogen-bond acceptors (Lipinski definition) is 6. The van der Waals surface area contributed by atoms with E-state index in [9.17, 15) is 14.9 Å². The van der Waals surface area contributed by atoms with Gasteiger partial charge in [0.1, 0.15) is 5.60 Å². The fourth-order valence-corrected chi connectivity index (χ4v) is 4.03. The molecule has 1 aliphatic heterocycles. The van der Waals surface area contributed by atoms with Gasteiger partial charge >= 0.3 is 12.1 Å². The molecule has 0 radical (unpaired) electrons. The Morgan fingerprint density at radius 3 is 2.50 bits per heavy atom. The van der Waals surface area contributed by atoms with Gasteiger partial charge in [-0.1, -0.05) is 12.1 Å². The summed E-state index contributed by atoms with van der Waals surface area (Å²) < 4.78 is 10.4. The Balaban J connectivity index is 1.61. The van der Waals surface area contributed by atoms with Crippen LogP contribution >= 0.6 is 0 Å². The van der Waals surface area contributed by atoms with E-state index in [1.165, 1.54) is 7.11 Å². The molecule has 1 fully saturated rings. The van der Waals surface area contributed by atoms with Crippen molar-refractivity contribution in [1.82, 2.24) is 10.2 Å². The third-order valence-electron chi connectivity index (χ3n) is 5.77. The van der Waals surface area contributed by atoms with Crippen molar-refractivity contribution in [2.24, 2.45) is 5.92 Å². The van der Waals surface area contributed by atoms with Crippen LogP contribution in [0.2, 0.25) is 0 Å². The molecule has 0 aromatic heterocycles. The molecule has 180 valence electrons. The number of rotatable bonds is 6. The van der Waals surface area contributed by atoms with Gasteiger partial charge in [-0.25, -0.2) is 9.59 Å². The SMILES string of the molecule is COC(=O)c1cc(CNCC2CCN(C(=O)OC(C)(C)C)CC2)cc(-c2cccc(C#N)c2)c1. The zero-order valence-corrected chi connectivity index (χ0v) is 20.4. The van der Waals surface area contributed by atoms with Crippen LogP contribution in [0, 0.1) is 17.2 Å². The Kier molecular flexibility index (Phi) is 8.30. The highest BCUT2D eigenvalue weighted by atomic mass is 16.6. The lowest BCUT2D eigenvalue weighted by Crippen LogP contribution is -2.43. The minimum absolute atomic E-state index is 0.244. The van der Waals surface area contributed by atoms with Crippen LogP contribution in [0.4, 0.5) is 4.79 Å². The number of nitrogens with one attached hydrogen (secondary N) is 1. The molecule has 1 N–H and O–H groups in total. The Morgan fingerprint density at radius 2 is 1.85 bits per heavy atom. The maximum Gasteiger partial charge on any atom is 0.410 e. The third kappa shape index (κ3) is 7.06. The molecule has 3 rings (SSSR count).